The molecule has 0 spiro atoms. The number of guanidine groups is 1. The largest absolute Gasteiger partial charge is 0.493 e. The van der Waals surface area contributed by atoms with E-state index in [4.69, 9.17) is 20.9 Å². The van der Waals surface area contributed by atoms with Crippen molar-refractivity contribution in [2.24, 2.45) is 16.5 Å². The number of hydrogen-bond donors (Lipinski definition) is 2. The summed E-state index contributed by atoms with van der Waals surface area (Å²) in [6, 6.07) is 5.73. The van der Waals surface area contributed by atoms with Gasteiger partial charge in [0.2, 0.25) is 0 Å². The second-order valence-corrected chi connectivity index (χ2v) is 3.31. The summed E-state index contributed by atoms with van der Waals surface area (Å²) in [5.41, 5.74) is 11.5. The fourth-order valence-corrected chi connectivity index (χ4v) is 1.22. The fourth-order valence-electron chi connectivity index (χ4n) is 1.22. The van der Waals surface area contributed by atoms with Crippen LogP contribution < -0.4 is 20.9 Å². The first-order valence-electron chi connectivity index (χ1n) is 4.96. The van der Waals surface area contributed by atoms with E-state index in [1.807, 2.05) is 25.1 Å². The molecule has 88 valence electrons. The van der Waals surface area contributed by atoms with E-state index in [0.717, 1.165) is 5.56 Å². The number of nitrogens with two attached hydrogens (primary N) is 2. The maximum atomic E-state index is 5.49. The molecule has 0 heterocycles. The third-order valence-electron chi connectivity index (χ3n) is 1.96. The Morgan fingerprint density at radius 2 is 2.06 bits per heavy atom. The number of benzene rings is 1. The number of ether oxygens (including phenoxy) is 2. The maximum absolute atomic E-state index is 5.49. The first-order valence-corrected chi connectivity index (χ1v) is 4.96. The van der Waals surface area contributed by atoms with E-state index in [9.17, 15) is 0 Å². The van der Waals surface area contributed by atoms with Gasteiger partial charge in [0, 0.05) is 0 Å². The second-order valence-electron chi connectivity index (χ2n) is 3.31. The van der Waals surface area contributed by atoms with Gasteiger partial charge >= 0.3 is 0 Å². The summed E-state index contributed by atoms with van der Waals surface area (Å²) in [6.07, 6.45) is 0. The standard InChI is InChI=1S/C11H17N3O2/c1-8-3-4-9(10(7-8)15-2)16-6-5-14-11(12)13/h3-4,7H,5-6H2,1-2H3,(H4,12,13,14). The van der Waals surface area contributed by atoms with Gasteiger partial charge in [-0.25, -0.2) is 0 Å². The van der Waals surface area contributed by atoms with Crippen molar-refractivity contribution in [1.29, 1.82) is 0 Å². The molecule has 1 rings (SSSR count). The summed E-state index contributed by atoms with van der Waals surface area (Å²) in [5.74, 6) is 1.48. The summed E-state index contributed by atoms with van der Waals surface area (Å²) in [5, 5.41) is 0. The Morgan fingerprint density at radius 3 is 2.69 bits per heavy atom. The fraction of sp³-hybridized carbons (Fsp3) is 0.364. The van der Waals surface area contributed by atoms with Crippen LogP contribution in [0.2, 0.25) is 0 Å². The number of rotatable bonds is 5. The molecule has 0 aromatic heterocycles. The van der Waals surface area contributed by atoms with E-state index in [1.54, 1.807) is 7.11 Å². The molecule has 1 aromatic rings. The van der Waals surface area contributed by atoms with Gasteiger partial charge in [-0.15, -0.1) is 0 Å². The van der Waals surface area contributed by atoms with E-state index < -0.39 is 0 Å². The highest BCUT2D eigenvalue weighted by Gasteiger charge is 2.03. The highest BCUT2D eigenvalue weighted by atomic mass is 16.5. The first-order chi connectivity index (χ1) is 7.63. The van der Waals surface area contributed by atoms with Gasteiger partial charge in [-0.05, 0) is 24.6 Å². The van der Waals surface area contributed by atoms with Gasteiger partial charge in [-0.3, -0.25) is 4.99 Å². The van der Waals surface area contributed by atoms with Gasteiger partial charge in [0.25, 0.3) is 0 Å². The summed E-state index contributed by atoms with van der Waals surface area (Å²) in [6.45, 7) is 2.84. The Bertz CT molecular complexity index is 373. The van der Waals surface area contributed by atoms with E-state index in [-0.39, 0.29) is 5.96 Å². The summed E-state index contributed by atoms with van der Waals surface area (Å²) < 4.78 is 10.7. The Kier molecular flexibility index (Phi) is 4.44. The molecular weight excluding hydrogens is 206 g/mol. The molecule has 5 heteroatoms. The molecule has 0 aliphatic heterocycles. The Hall–Kier alpha value is -1.91. The van der Waals surface area contributed by atoms with Crippen LogP contribution in [0.15, 0.2) is 23.2 Å². The van der Waals surface area contributed by atoms with Crippen molar-refractivity contribution in [3.05, 3.63) is 23.8 Å². The molecule has 0 aliphatic rings. The average molecular weight is 223 g/mol. The molecule has 1 aromatic carbocycles. The molecule has 0 bridgehead atoms. The minimum absolute atomic E-state index is 0.0690. The third-order valence-corrected chi connectivity index (χ3v) is 1.96. The second kappa shape index (κ2) is 5.85. The Balaban J connectivity index is 2.56. The number of methoxy groups -OCH3 is 1. The lowest BCUT2D eigenvalue weighted by molar-refractivity contribution is 0.302. The predicted octanol–water partition coefficient (Wildman–Crippen LogP) is 0.656. The van der Waals surface area contributed by atoms with Crippen LogP contribution in [0.25, 0.3) is 0 Å². The average Bonchev–Trinajstić information content (AvgIpc) is 2.25. The molecular formula is C11H17N3O2. The molecule has 0 amide bonds. The van der Waals surface area contributed by atoms with Gasteiger partial charge in [0.1, 0.15) is 6.61 Å². The SMILES string of the molecule is COc1cc(C)ccc1OCCN=C(N)N. The predicted molar refractivity (Wildman–Crippen MR) is 63.9 cm³/mol. The molecule has 0 unspecified atom stereocenters. The van der Waals surface area contributed by atoms with Crippen LogP contribution in [0.5, 0.6) is 11.5 Å². The van der Waals surface area contributed by atoms with Crippen LogP contribution in [-0.4, -0.2) is 26.2 Å². The van der Waals surface area contributed by atoms with Crippen LogP contribution in [0.3, 0.4) is 0 Å². The van der Waals surface area contributed by atoms with Gasteiger partial charge < -0.3 is 20.9 Å². The van der Waals surface area contributed by atoms with Crippen LogP contribution >= 0.6 is 0 Å². The van der Waals surface area contributed by atoms with Crippen molar-refractivity contribution in [2.45, 2.75) is 6.92 Å². The Labute approximate surface area is 95.1 Å². The molecule has 0 atom stereocenters. The molecule has 0 radical (unpaired) electrons. The molecule has 4 N–H and O–H groups in total. The summed E-state index contributed by atoms with van der Waals surface area (Å²) in [4.78, 5) is 3.82. The van der Waals surface area contributed by atoms with Crippen molar-refractivity contribution in [1.82, 2.24) is 0 Å². The monoisotopic (exact) mass is 223 g/mol. The van der Waals surface area contributed by atoms with Crippen LogP contribution in [0, 0.1) is 6.92 Å². The van der Waals surface area contributed by atoms with Crippen molar-refractivity contribution in [3.63, 3.8) is 0 Å². The highest BCUT2D eigenvalue weighted by Crippen LogP contribution is 2.27. The number of hydrogen-bond acceptors (Lipinski definition) is 3. The van der Waals surface area contributed by atoms with E-state index in [0.29, 0.717) is 24.7 Å². The minimum atomic E-state index is 0.0690. The molecule has 16 heavy (non-hydrogen) atoms. The molecule has 0 fully saturated rings. The quantitative estimate of drug-likeness (QED) is 0.436. The topological polar surface area (TPSA) is 82.9 Å². The zero-order chi connectivity index (χ0) is 12.0. The van der Waals surface area contributed by atoms with Crippen LogP contribution in [-0.2, 0) is 0 Å². The first kappa shape index (κ1) is 12.2. The van der Waals surface area contributed by atoms with Gasteiger partial charge in [0.15, 0.2) is 17.5 Å². The molecule has 0 saturated carbocycles. The maximum Gasteiger partial charge on any atom is 0.186 e. The van der Waals surface area contributed by atoms with Crippen LogP contribution in [0.4, 0.5) is 0 Å². The lowest BCUT2D eigenvalue weighted by Crippen LogP contribution is -2.23. The Morgan fingerprint density at radius 1 is 1.31 bits per heavy atom. The van der Waals surface area contributed by atoms with E-state index >= 15 is 0 Å². The smallest absolute Gasteiger partial charge is 0.186 e. The molecule has 0 saturated heterocycles. The molecule has 0 aliphatic carbocycles. The third kappa shape index (κ3) is 3.68. The van der Waals surface area contributed by atoms with E-state index in [1.165, 1.54) is 0 Å². The summed E-state index contributed by atoms with van der Waals surface area (Å²) >= 11 is 0. The van der Waals surface area contributed by atoms with Crippen molar-refractivity contribution in [2.75, 3.05) is 20.3 Å². The van der Waals surface area contributed by atoms with Gasteiger partial charge in [-0.2, -0.15) is 0 Å². The van der Waals surface area contributed by atoms with Crippen molar-refractivity contribution in [3.8, 4) is 11.5 Å². The normalized spacial score (nSPS) is 9.62. The van der Waals surface area contributed by atoms with Gasteiger partial charge in [0.05, 0.1) is 13.7 Å². The zero-order valence-electron chi connectivity index (χ0n) is 9.56. The highest BCUT2D eigenvalue weighted by molar-refractivity contribution is 5.75. The number of aryl methyl sites for hydroxylation is 1. The van der Waals surface area contributed by atoms with Crippen LogP contribution in [0.1, 0.15) is 5.56 Å². The number of nitrogens with zero attached hydrogens (tertiary/aromatic N) is 1. The molecule has 5 nitrogen and oxygen atoms in total. The minimum Gasteiger partial charge on any atom is -0.493 e. The van der Waals surface area contributed by atoms with Gasteiger partial charge in [-0.1, -0.05) is 6.07 Å². The number of aliphatic imine (C=N–C) groups is 1. The van der Waals surface area contributed by atoms with Crippen molar-refractivity contribution < 1.29 is 9.47 Å². The summed E-state index contributed by atoms with van der Waals surface area (Å²) in [7, 11) is 1.61. The van der Waals surface area contributed by atoms with Crippen molar-refractivity contribution >= 4 is 5.96 Å². The van der Waals surface area contributed by atoms with E-state index in [2.05, 4.69) is 4.99 Å². The lowest BCUT2D eigenvalue weighted by atomic mass is 10.2. The zero-order valence-corrected chi connectivity index (χ0v) is 9.56. The lowest BCUT2D eigenvalue weighted by Gasteiger charge is -2.10.